The van der Waals surface area contributed by atoms with Gasteiger partial charge in [-0.25, -0.2) is 14.4 Å². The summed E-state index contributed by atoms with van der Waals surface area (Å²) >= 11 is 0. The first-order valence-electron chi connectivity index (χ1n) is 1.92. The maximum absolute atomic E-state index is 9.21. The first-order chi connectivity index (χ1) is 4.86. The maximum atomic E-state index is 9.21. The fraction of sp³-hybridized carbons (Fsp3) is 0. The van der Waals surface area contributed by atoms with Crippen LogP contribution >= 0.6 is 0 Å². The number of hydrogen-bond acceptors (Lipinski definition) is 4. The van der Waals surface area contributed by atoms with Gasteiger partial charge in [0.15, 0.2) is 0 Å². The molecule has 0 fully saturated rings. The molecular formula is C3H6Na2O8. The van der Waals surface area contributed by atoms with Crippen molar-refractivity contribution in [2.75, 3.05) is 0 Å². The summed E-state index contributed by atoms with van der Waals surface area (Å²) in [4.78, 5) is 27.0. The molecule has 0 spiro atoms. The normalized spacial score (nSPS) is 5.85. The third kappa shape index (κ3) is 74.8. The van der Waals surface area contributed by atoms with Crippen LogP contribution in [0.3, 0.4) is 0 Å². The van der Waals surface area contributed by atoms with Gasteiger partial charge < -0.3 is 28.0 Å². The van der Waals surface area contributed by atoms with Crippen LogP contribution in [0.1, 0.15) is 2.85 Å². The summed E-state index contributed by atoms with van der Waals surface area (Å²) in [6.45, 7) is 0. The van der Waals surface area contributed by atoms with E-state index in [0.717, 1.165) is 0 Å². The molecule has 0 unspecified atom stereocenters. The third-order valence-electron chi connectivity index (χ3n) is 0.175. The van der Waals surface area contributed by atoms with Gasteiger partial charge in [0.25, 0.3) is 0 Å². The molecule has 13 heavy (non-hydrogen) atoms. The predicted octanol–water partition coefficient (Wildman–Crippen LogP) is -5.19. The van der Waals surface area contributed by atoms with Gasteiger partial charge in [0.05, 0.1) is 0 Å². The minimum absolute atomic E-state index is 0. The molecule has 68 valence electrons. The first kappa shape index (κ1) is 23.1. The van der Waals surface area contributed by atoms with Crippen LogP contribution in [-0.2, 0) is 4.74 Å². The largest absolute Gasteiger partial charge is 1.00 e. The number of hydrogen-bond donors (Lipinski definition) is 4. The summed E-state index contributed by atoms with van der Waals surface area (Å²) < 4.78 is 3.08. The summed E-state index contributed by atoms with van der Waals surface area (Å²) in [7, 11) is 0. The molecule has 0 radical (unpaired) electrons. The molecule has 0 aliphatic carbocycles. The summed E-state index contributed by atoms with van der Waals surface area (Å²) in [6, 6.07) is 0. The summed E-state index contributed by atoms with van der Waals surface area (Å²) in [5.74, 6) is 0. The zero-order valence-electron chi connectivity index (χ0n) is 8.92. The molecule has 0 rings (SSSR count). The van der Waals surface area contributed by atoms with E-state index < -0.39 is 18.5 Å². The molecule has 8 nitrogen and oxygen atoms in total. The molecule has 0 saturated heterocycles. The second-order valence-corrected chi connectivity index (χ2v) is 0.916. The summed E-state index contributed by atoms with van der Waals surface area (Å²) in [6.07, 6.45) is -5.46. The van der Waals surface area contributed by atoms with Gasteiger partial charge in [0, 0.05) is 0 Å². The van der Waals surface area contributed by atoms with E-state index in [2.05, 4.69) is 4.74 Å². The van der Waals surface area contributed by atoms with E-state index in [4.69, 9.17) is 25.2 Å². The Hall–Kier alpha value is 0.0100. The minimum Gasteiger partial charge on any atom is -1.00 e. The molecule has 4 N–H and O–H groups in total. The van der Waals surface area contributed by atoms with Crippen molar-refractivity contribution in [3.8, 4) is 0 Å². The van der Waals surface area contributed by atoms with Gasteiger partial charge in [-0.2, -0.15) is 0 Å². The summed E-state index contributed by atoms with van der Waals surface area (Å²) in [5, 5.41) is 28.9. The molecule has 0 atom stereocenters. The molecule has 0 aliphatic heterocycles. The van der Waals surface area contributed by atoms with Crippen molar-refractivity contribution in [1.82, 2.24) is 0 Å². The number of ether oxygens (including phenoxy) is 1. The molecular weight excluding hydrogens is 210 g/mol. The van der Waals surface area contributed by atoms with Crippen LogP contribution in [0.15, 0.2) is 0 Å². The number of rotatable bonds is 0. The zero-order valence-corrected chi connectivity index (χ0v) is 10.9. The summed E-state index contributed by atoms with van der Waals surface area (Å²) in [5.41, 5.74) is 0. The van der Waals surface area contributed by atoms with Gasteiger partial charge in [-0.05, 0) is 0 Å². The zero-order chi connectivity index (χ0) is 9.44. The maximum Gasteiger partial charge on any atom is 1.00 e. The van der Waals surface area contributed by atoms with Crippen LogP contribution in [0.2, 0.25) is 0 Å². The first-order valence-corrected chi connectivity index (χ1v) is 1.92. The topological polar surface area (TPSA) is 141 Å². The van der Waals surface area contributed by atoms with E-state index in [9.17, 15) is 9.59 Å². The molecule has 10 heteroatoms. The SMILES string of the molecule is O=C(O)O.O=C(O)OC(=O)O.[H-].[H-].[Na+].[Na+]. The molecule has 0 aromatic rings. The fourth-order valence-corrected chi connectivity index (χ4v) is 0.0747. The smallest absolute Gasteiger partial charge is 1.00 e. The Morgan fingerprint density at radius 3 is 1.00 bits per heavy atom. The van der Waals surface area contributed by atoms with Crippen molar-refractivity contribution in [3.05, 3.63) is 0 Å². The van der Waals surface area contributed by atoms with Crippen molar-refractivity contribution >= 4 is 18.5 Å². The molecule has 0 aromatic heterocycles. The van der Waals surface area contributed by atoms with Crippen LogP contribution in [0.25, 0.3) is 0 Å². The standard InChI is InChI=1S/C2H2O5.CH2O3.2Na.2H/c3-1(4)7-2(5)6;2-1(3)4;;;;/h(H,3,4)(H,5,6);(H2,2,3,4);;;;/q;;2*+1;2*-1. The van der Waals surface area contributed by atoms with E-state index in [-0.39, 0.29) is 62.0 Å². The molecule has 0 aliphatic rings. The van der Waals surface area contributed by atoms with Crippen molar-refractivity contribution in [2.45, 2.75) is 0 Å². The number of carbonyl (C=O) groups is 3. The van der Waals surface area contributed by atoms with Crippen LogP contribution in [0.5, 0.6) is 0 Å². The van der Waals surface area contributed by atoms with Crippen LogP contribution in [0.4, 0.5) is 14.4 Å². The Morgan fingerprint density at radius 2 is 1.00 bits per heavy atom. The van der Waals surface area contributed by atoms with E-state index in [1.54, 1.807) is 0 Å². The van der Waals surface area contributed by atoms with Gasteiger partial charge in [-0.3, -0.25) is 0 Å². The van der Waals surface area contributed by atoms with Crippen LogP contribution < -0.4 is 59.1 Å². The third-order valence-corrected chi connectivity index (χ3v) is 0.175. The van der Waals surface area contributed by atoms with E-state index >= 15 is 0 Å². The van der Waals surface area contributed by atoms with Crippen molar-refractivity contribution < 1.29 is 102 Å². The van der Waals surface area contributed by atoms with Crippen LogP contribution in [0, 0.1) is 0 Å². The molecule has 0 amide bonds. The van der Waals surface area contributed by atoms with Gasteiger partial charge >= 0.3 is 77.6 Å². The van der Waals surface area contributed by atoms with Gasteiger partial charge in [-0.15, -0.1) is 0 Å². The van der Waals surface area contributed by atoms with E-state index in [0.29, 0.717) is 0 Å². The average molecular weight is 216 g/mol. The second-order valence-electron chi connectivity index (χ2n) is 0.916. The predicted molar refractivity (Wildman–Crippen MR) is 30.0 cm³/mol. The Balaban J connectivity index is -0.0000000230. The van der Waals surface area contributed by atoms with E-state index in [1.165, 1.54) is 0 Å². The van der Waals surface area contributed by atoms with Crippen molar-refractivity contribution in [2.24, 2.45) is 0 Å². The van der Waals surface area contributed by atoms with Gasteiger partial charge in [0.1, 0.15) is 0 Å². The molecule has 0 saturated carbocycles. The number of carboxylic acid groups (broad SMARTS) is 4. The average Bonchev–Trinajstić information content (AvgIpc) is 1.56. The molecule has 0 bridgehead atoms. The Morgan fingerprint density at radius 1 is 0.846 bits per heavy atom. The Labute approximate surface area is 119 Å². The Kier molecular flexibility index (Phi) is 25.8. The monoisotopic (exact) mass is 216 g/mol. The van der Waals surface area contributed by atoms with E-state index in [1.807, 2.05) is 0 Å². The fourth-order valence-electron chi connectivity index (χ4n) is 0.0747. The van der Waals surface area contributed by atoms with Crippen molar-refractivity contribution in [3.63, 3.8) is 0 Å². The van der Waals surface area contributed by atoms with Crippen molar-refractivity contribution in [1.29, 1.82) is 0 Å². The molecule has 0 aromatic carbocycles. The van der Waals surface area contributed by atoms with Gasteiger partial charge in [-0.1, -0.05) is 0 Å². The quantitative estimate of drug-likeness (QED) is 0.179. The Bertz CT molecular complexity index is 159. The molecule has 0 heterocycles. The minimum atomic E-state index is -1.83. The van der Waals surface area contributed by atoms with Crippen LogP contribution in [-0.4, -0.2) is 38.9 Å². The van der Waals surface area contributed by atoms with Gasteiger partial charge in [0.2, 0.25) is 0 Å². The second kappa shape index (κ2) is 14.5.